The Labute approximate surface area is 191 Å². The van der Waals surface area contributed by atoms with Crippen LogP contribution < -0.4 is 10.2 Å². The monoisotopic (exact) mass is 475 g/mol. The zero-order chi connectivity index (χ0) is 24.5. The number of pyridine rings is 2. The first kappa shape index (κ1) is 23.2. The summed E-state index contributed by atoms with van der Waals surface area (Å²) in [7, 11) is 0. The number of alkyl halides is 3. The topological polar surface area (TPSA) is 121 Å². The maximum atomic E-state index is 13.5. The summed E-state index contributed by atoms with van der Waals surface area (Å²) in [6, 6.07) is 5.60. The maximum absolute atomic E-state index is 13.5. The summed E-state index contributed by atoms with van der Waals surface area (Å²) in [4.78, 5) is 36.6. The van der Waals surface area contributed by atoms with Crippen LogP contribution in [0.2, 0.25) is 0 Å². The SMILES string of the molecule is CC1CCCN(c2nc(C(F)(F)F)c(C(=O)Nc3ccc(-c4ccc(C(=O)O)nc4)cn3)o2)C1. The van der Waals surface area contributed by atoms with E-state index in [4.69, 9.17) is 9.52 Å². The van der Waals surface area contributed by atoms with E-state index >= 15 is 0 Å². The summed E-state index contributed by atoms with van der Waals surface area (Å²) in [6.07, 6.45) is -0.401. The highest BCUT2D eigenvalue weighted by atomic mass is 19.4. The molecule has 2 N–H and O–H groups in total. The molecule has 0 saturated carbocycles. The van der Waals surface area contributed by atoms with Gasteiger partial charge in [0.2, 0.25) is 5.76 Å². The van der Waals surface area contributed by atoms with Gasteiger partial charge >= 0.3 is 12.1 Å². The van der Waals surface area contributed by atoms with Crippen LogP contribution in [0.1, 0.15) is 46.5 Å². The molecule has 34 heavy (non-hydrogen) atoms. The van der Waals surface area contributed by atoms with E-state index in [1.807, 2.05) is 6.92 Å². The molecule has 3 aromatic heterocycles. The number of hydrogen-bond donors (Lipinski definition) is 2. The van der Waals surface area contributed by atoms with E-state index in [2.05, 4.69) is 20.3 Å². The second-order valence-electron chi connectivity index (χ2n) is 7.99. The highest BCUT2D eigenvalue weighted by molar-refractivity contribution is 6.02. The van der Waals surface area contributed by atoms with Crippen LogP contribution in [0.4, 0.5) is 25.0 Å². The van der Waals surface area contributed by atoms with E-state index in [0.717, 1.165) is 12.8 Å². The molecule has 3 aromatic rings. The molecule has 9 nitrogen and oxygen atoms in total. The molecule has 1 atom stereocenters. The minimum atomic E-state index is -4.87. The van der Waals surface area contributed by atoms with Crippen LogP contribution in [0.5, 0.6) is 0 Å². The van der Waals surface area contributed by atoms with Crippen molar-refractivity contribution >= 4 is 23.7 Å². The molecule has 1 amide bonds. The fraction of sp³-hybridized carbons (Fsp3) is 0.318. The summed E-state index contributed by atoms with van der Waals surface area (Å²) in [5, 5.41) is 11.2. The second-order valence-corrected chi connectivity index (χ2v) is 7.99. The van der Waals surface area contributed by atoms with Gasteiger partial charge in [0.05, 0.1) is 0 Å². The van der Waals surface area contributed by atoms with E-state index in [0.29, 0.717) is 24.2 Å². The van der Waals surface area contributed by atoms with Gasteiger partial charge in [0, 0.05) is 36.6 Å². The minimum Gasteiger partial charge on any atom is -0.477 e. The van der Waals surface area contributed by atoms with Crippen molar-refractivity contribution in [1.82, 2.24) is 15.0 Å². The van der Waals surface area contributed by atoms with Crippen LogP contribution in [0.3, 0.4) is 0 Å². The number of carbonyl (C=O) groups excluding carboxylic acids is 1. The number of nitrogens with zero attached hydrogens (tertiary/aromatic N) is 4. The van der Waals surface area contributed by atoms with Gasteiger partial charge in [-0.1, -0.05) is 13.0 Å². The lowest BCUT2D eigenvalue weighted by Gasteiger charge is -2.29. The fourth-order valence-corrected chi connectivity index (χ4v) is 3.66. The average Bonchev–Trinajstić information content (AvgIpc) is 3.26. The molecule has 178 valence electrons. The highest BCUT2D eigenvalue weighted by Gasteiger charge is 2.42. The molecule has 1 unspecified atom stereocenters. The molecule has 4 rings (SSSR count). The number of aromatic nitrogens is 3. The van der Waals surface area contributed by atoms with E-state index < -0.39 is 29.5 Å². The Morgan fingerprint density at radius 3 is 2.41 bits per heavy atom. The Balaban J connectivity index is 1.53. The molecule has 1 aliphatic rings. The minimum absolute atomic E-state index is 0.00142. The van der Waals surface area contributed by atoms with Crippen molar-refractivity contribution in [1.29, 1.82) is 0 Å². The lowest BCUT2D eigenvalue weighted by atomic mass is 10.0. The standard InChI is InChI=1S/C22H20F3N5O4/c1-12-3-2-8-30(11-12)21-29-18(22(23,24)25)17(34-21)19(31)28-16-7-5-14(10-27-16)13-4-6-15(20(32)33)26-9-13/h4-7,9-10,12H,2-3,8,11H2,1H3,(H,32,33)(H,27,28,31). The summed E-state index contributed by atoms with van der Waals surface area (Å²) in [6.45, 7) is 2.97. The largest absolute Gasteiger partial charge is 0.477 e. The number of halogens is 3. The fourth-order valence-electron chi connectivity index (χ4n) is 3.66. The van der Waals surface area contributed by atoms with E-state index in [1.54, 1.807) is 17.0 Å². The summed E-state index contributed by atoms with van der Waals surface area (Å²) < 4.78 is 45.9. The molecular weight excluding hydrogens is 455 g/mol. The third-order valence-corrected chi connectivity index (χ3v) is 5.34. The van der Waals surface area contributed by atoms with Gasteiger partial charge in [-0.2, -0.15) is 18.2 Å². The first-order valence-corrected chi connectivity index (χ1v) is 10.4. The Morgan fingerprint density at radius 1 is 1.15 bits per heavy atom. The summed E-state index contributed by atoms with van der Waals surface area (Å²) in [5.74, 6) is -2.94. The number of carbonyl (C=O) groups is 2. The first-order chi connectivity index (χ1) is 16.1. The molecule has 4 heterocycles. The van der Waals surface area contributed by atoms with Crippen molar-refractivity contribution in [2.24, 2.45) is 5.92 Å². The summed E-state index contributed by atoms with van der Waals surface area (Å²) in [5.41, 5.74) is -0.365. The molecule has 0 radical (unpaired) electrons. The number of rotatable bonds is 5. The lowest BCUT2D eigenvalue weighted by Crippen LogP contribution is -2.34. The average molecular weight is 475 g/mol. The van der Waals surface area contributed by atoms with Gasteiger partial charge in [-0.25, -0.2) is 14.8 Å². The van der Waals surface area contributed by atoms with Crippen molar-refractivity contribution in [3.8, 4) is 11.1 Å². The Hall–Kier alpha value is -3.96. The van der Waals surface area contributed by atoms with Gasteiger partial charge in [0.1, 0.15) is 11.5 Å². The molecule has 12 heteroatoms. The van der Waals surface area contributed by atoms with Crippen molar-refractivity contribution in [3.63, 3.8) is 0 Å². The van der Waals surface area contributed by atoms with Crippen LogP contribution >= 0.6 is 0 Å². The Bertz CT molecular complexity index is 1190. The molecule has 1 saturated heterocycles. The third-order valence-electron chi connectivity index (χ3n) is 5.34. The van der Waals surface area contributed by atoms with Gasteiger partial charge in [-0.3, -0.25) is 4.79 Å². The van der Waals surface area contributed by atoms with Crippen molar-refractivity contribution < 1.29 is 32.3 Å². The van der Waals surface area contributed by atoms with Crippen molar-refractivity contribution in [3.05, 3.63) is 53.8 Å². The number of piperidine rings is 1. The highest BCUT2D eigenvalue weighted by Crippen LogP contribution is 2.35. The molecule has 0 aromatic carbocycles. The number of nitrogens with one attached hydrogen (secondary N) is 1. The Morgan fingerprint density at radius 2 is 1.85 bits per heavy atom. The van der Waals surface area contributed by atoms with Gasteiger partial charge in [0.25, 0.3) is 11.9 Å². The number of hydrogen-bond acceptors (Lipinski definition) is 7. The number of anilines is 2. The number of carboxylic acid groups (broad SMARTS) is 1. The predicted molar refractivity (Wildman–Crippen MR) is 114 cm³/mol. The smallest absolute Gasteiger partial charge is 0.437 e. The van der Waals surface area contributed by atoms with Crippen LogP contribution in [0, 0.1) is 5.92 Å². The van der Waals surface area contributed by atoms with Gasteiger partial charge in [-0.15, -0.1) is 0 Å². The zero-order valence-corrected chi connectivity index (χ0v) is 18.0. The van der Waals surface area contributed by atoms with E-state index in [9.17, 15) is 22.8 Å². The molecule has 0 spiro atoms. The molecule has 1 fully saturated rings. The number of amides is 1. The van der Waals surface area contributed by atoms with Crippen molar-refractivity contribution in [2.75, 3.05) is 23.3 Å². The quantitative estimate of drug-likeness (QED) is 0.559. The number of carboxylic acids is 1. The predicted octanol–water partition coefficient (Wildman–Crippen LogP) is 4.34. The van der Waals surface area contributed by atoms with Crippen LogP contribution in [0.25, 0.3) is 11.1 Å². The van der Waals surface area contributed by atoms with Crippen LogP contribution in [-0.2, 0) is 6.18 Å². The van der Waals surface area contributed by atoms with Crippen molar-refractivity contribution in [2.45, 2.75) is 25.9 Å². The van der Waals surface area contributed by atoms with E-state index in [-0.39, 0.29) is 23.4 Å². The normalized spacial score (nSPS) is 16.4. The molecule has 1 aliphatic heterocycles. The molecular formula is C22H20F3N5O4. The van der Waals surface area contributed by atoms with E-state index in [1.165, 1.54) is 24.5 Å². The van der Waals surface area contributed by atoms with Gasteiger partial charge < -0.3 is 19.7 Å². The van der Waals surface area contributed by atoms with Crippen LogP contribution in [-0.4, -0.2) is 45.0 Å². The zero-order valence-electron chi connectivity index (χ0n) is 18.0. The summed E-state index contributed by atoms with van der Waals surface area (Å²) >= 11 is 0. The second kappa shape index (κ2) is 9.12. The first-order valence-electron chi connectivity index (χ1n) is 10.4. The van der Waals surface area contributed by atoms with Gasteiger partial charge in [0.15, 0.2) is 5.69 Å². The lowest BCUT2D eigenvalue weighted by molar-refractivity contribution is -0.141. The Kier molecular flexibility index (Phi) is 6.22. The number of aromatic carboxylic acids is 1. The maximum Gasteiger partial charge on any atom is 0.437 e. The van der Waals surface area contributed by atoms with Crippen LogP contribution in [0.15, 0.2) is 41.1 Å². The van der Waals surface area contributed by atoms with Gasteiger partial charge in [-0.05, 0) is 37.0 Å². The molecule has 0 aliphatic carbocycles. The third kappa shape index (κ3) is 5.00. The molecule has 0 bridgehead atoms. The number of oxazole rings is 1.